The quantitative estimate of drug-likeness (QED) is 0.730. The minimum atomic E-state index is -0.727. The summed E-state index contributed by atoms with van der Waals surface area (Å²) in [5, 5.41) is 22.4. The van der Waals surface area contributed by atoms with Gasteiger partial charge in [0.1, 0.15) is 5.75 Å². The van der Waals surface area contributed by atoms with E-state index in [-0.39, 0.29) is 0 Å². The number of hydrogen-bond acceptors (Lipinski definition) is 3. The molecule has 0 saturated heterocycles. The van der Waals surface area contributed by atoms with Crippen LogP contribution < -0.4 is 5.32 Å². The Hall–Kier alpha value is -1.06. The molecule has 0 aliphatic heterocycles. The number of aromatic hydroxyl groups is 1. The standard InChI is InChI=1S/C13H21NO2/c1-9-5-11(12(15)6-10(9)2)7-14-8-13(3,4)16/h5-6,14-16H,7-8H2,1-4H3. The lowest BCUT2D eigenvalue weighted by Crippen LogP contribution is -2.34. The van der Waals surface area contributed by atoms with Gasteiger partial charge in [0.15, 0.2) is 0 Å². The topological polar surface area (TPSA) is 52.5 Å². The van der Waals surface area contributed by atoms with Gasteiger partial charge >= 0.3 is 0 Å². The Morgan fingerprint density at radius 2 is 1.75 bits per heavy atom. The number of aliphatic hydroxyl groups is 1. The van der Waals surface area contributed by atoms with Crippen LogP contribution in [0, 0.1) is 13.8 Å². The second-order valence-electron chi connectivity index (χ2n) is 4.98. The molecule has 16 heavy (non-hydrogen) atoms. The molecule has 0 aliphatic carbocycles. The molecule has 3 nitrogen and oxygen atoms in total. The molecule has 0 amide bonds. The second kappa shape index (κ2) is 4.85. The van der Waals surface area contributed by atoms with Crippen molar-refractivity contribution < 1.29 is 10.2 Å². The number of phenolic OH excluding ortho intramolecular Hbond substituents is 1. The number of aryl methyl sites for hydroxylation is 2. The molecule has 0 fully saturated rings. The molecule has 1 aromatic rings. The van der Waals surface area contributed by atoms with Crippen LogP contribution in [0.15, 0.2) is 12.1 Å². The second-order valence-corrected chi connectivity index (χ2v) is 4.98. The molecular formula is C13H21NO2. The highest BCUT2D eigenvalue weighted by Crippen LogP contribution is 2.21. The Morgan fingerprint density at radius 1 is 1.19 bits per heavy atom. The lowest BCUT2D eigenvalue weighted by molar-refractivity contribution is 0.0794. The molecule has 0 unspecified atom stereocenters. The maximum Gasteiger partial charge on any atom is 0.120 e. The van der Waals surface area contributed by atoms with Crippen molar-refractivity contribution in [1.29, 1.82) is 0 Å². The molecule has 1 aromatic carbocycles. The predicted octanol–water partition coefficient (Wildman–Crippen LogP) is 1.87. The van der Waals surface area contributed by atoms with Crippen molar-refractivity contribution in [2.75, 3.05) is 6.54 Å². The predicted molar refractivity (Wildman–Crippen MR) is 65.6 cm³/mol. The Labute approximate surface area is 97.1 Å². The SMILES string of the molecule is Cc1cc(O)c(CNCC(C)(C)O)cc1C. The number of hydrogen-bond donors (Lipinski definition) is 3. The third kappa shape index (κ3) is 3.83. The lowest BCUT2D eigenvalue weighted by Gasteiger charge is -2.18. The fourth-order valence-electron chi connectivity index (χ4n) is 1.51. The summed E-state index contributed by atoms with van der Waals surface area (Å²) in [6.07, 6.45) is 0. The van der Waals surface area contributed by atoms with E-state index in [2.05, 4.69) is 5.32 Å². The summed E-state index contributed by atoms with van der Waals surface area (Å²) >= 11 is 0. The normalized spacial score (nSPS) is 11.8. The van der Waals surface area contributed by atoms with Crippen LogP contribution in [0.25, 0.3) is 0 Å². The van der Waals surface area contributed by atoms with Crippen LogP contribution in [-0.4, -0.2) is 22.4 Å². The monoisotopic (exact) mass is 223 g/mol. The molecule has 0 spiro atoms. The zero-order chi connectivity index (χ0) is 12.3. The average Bonchev–Trinajstić information content (AvgIpc) is 2.11. The number of rotatable bonds is 4. The van der Waals surface area contributed by atoms with E-state index >= 15 is 0 Å². The van der Waals surface area contributed by atoms with Crippen molar-refractivity contribution in [3.05, 3.63) is 28.8 Å². The van der Waals surface area contributed by atoms with Gasteiger partial charge in [-0.25, -0.2) is 0 Å². The molecular weight excluding hydrogens is 202 g/mol. The average molecular weight is 223 g/mol. The van der Waals surface area contributed by atoms with E-state index in [0.717, 1.165) is 16.7 Å². The van der Waals surface area contributed by atoms with Crippen LogP contribution >= 0.6 is 0 Å². The van der Waals surface area contributed by atoms with Crippen molar-refractivity contribution in [1.82, 2.24) is 5.32 Å². The molecule has 0 radical (unpaired) electrons. The first-order chi connectivity index (χ1) is 7.29. The van der Waals surface area contributed by atoms with Crippen LogP contribution in [0.3, 0.4) is 0 Å². The van der Waals surface area contributed by atoms with Gasteiger partial charge in [-0.05, 0) is 44.9 Å². The fourth-order valence-corrected chi connectivity index (χ4v) is 1.51. The van der Waals surface area contributed by atoms with Gasteiger partial charge < -0.3 is 15.5 Å². The van der Waals surface area contributed by atoms with E-state index < -0.39 is 5.60 Å². The third-order valence-electron chi connectivity index (χ3n) is 2.57. The van der Waals surface area contributed by atoms with Gasteiger partial charge in [0, 0.05) is 18.7 Å². The molecule has 3 heteroatoms. The van der Waals surface area contributed by atoms with Gasteiger partial charge in [-0.1, -0.05) is 6.07 Å². The first kappa shape index (κ1) is 13.0. The van der Waals surface area contributed by atoms with Crippen molar-refractivity contribution in [2.24, 2.45) is 0 Å². The maximum absolute atomic E-state index is 9.74. The van der Waals surface area contributed by atoms with E-state index in [1.807, 2.05) is 19.9 Å². The highest BCUT2D eigenvalue weighted by Gasteiger charge is 2.12. The van der Waals surface area contributed by atoms with Gasteiger partial charge in [0.05, 0.1) is 5.60 Å². The molecule has 0 bridgehead atoms. The summed E-state index contributed by atoms with van der Waals surface area (Å²) in [5.74, 6) is 0.311. The first-order valence-corrected chi connectivity index (χ1v) is 5.52. The minimum absolute atomic E-state index is 0.311. The summed E-state index contributed by atoms with van der Waals surface area (Å²) in [6.45, 7) is 8.56. The lowest BCUT2D eigenvalue weighted by atomic mass is 10.0. The van der Waals surface area contributed by atoms with E-state index in [9.17, 15) is 10.2 Å². The van der Waals surface area contributed by atoms with E-state index in [1.54, 1.807) is 19.9 Å². The van der Waals surface area contributed by atoms with Gasteiger partial charge in [0.25, 0.3) is 0 Å². The highest BCUT2D eigenvalue weighted by molar-refractivity contribution is 5.40. The van der Waals surface area contributed by atoms with Gasteiger partial charge in [-0.2, -0.15) is 0 Å². The van der Waals surface area contributed by atoms with Gasteiger partial charge in [0.2, 0.25) is 0 Å². The number of benzene rings is 1. The summed E-state index contributed by atoms with van der Waals surface area (Å²) in [7, 11) is 0. The Bertz CT molecular complexity index is 367. The third-order valence-corrected chi connectivity index (χ3v) is 2.57. The van der Waals surface area contributed by atoms with Crippen molar-refractivity contribution in [3.63, 3.8) is 0 Å². The summed E-state index contributed by atoms with van der Waals surface area (Å²) < 4.78 is 0. The largest absolute Gasteiger partial charge is 0.508 e. The molecule has 0 aromatic heterocycles. The Balaban J connectivity index is 2.64. The van der Waals surface area contributed by atoms with E-state index in [1.165, 1.54) is 0 Å². The van der Waals surface area contributed by atoms with Crippen LogP contribution in [0.5, 0.6) is 5.75 Å². The molecule has 90 valence electrons. The summed E-state index contributed by atoms with van der Waals surface area (Å²) in [5.41, 5.74) is 2.39. The highest BCUT2D eigenvalue weighted by atomic mass is 16.3. The Kier molecular flexibility index (Phi) is 3.94. The first-order valence-electron chi connectivity index (χ1n) is 5.52. The van der Waals surface area contributed by atoms with Crippen LogP contribution in [0.1, 0.15) is 30.5 Å². The molecule has 0 atom stereocenters. The molecule has 1 rings (SSSR count). The maximum atomic E-state index is 9.74. The van der Waals surface area contributed by atoms with Crippen LogP contribution in [0.2, 0.25) is 0 Å². The summed E-state index contributed by atoms with van der Waals surface area (Å²) in [4.78, 5) is 0. The zero-order valence-corrected chi connectivity index (χ0v) is 10.5. The van der Waals surface area contributed by atoms with Crippen molar-refractivity contribution in [2.45, 2.75) is 39.8 Å². The fraction of sp³-hybridized carbons (Fsp3) is 0.538. The van der Waals surface area contributed by atoms with Gasteiger partial charge in [-0.3, -0.25) is 0 Å². The van der Waals surface area contributed by atoms with Crippen LogP contribution in [-0.2, 0) is 6.54 Å². The number of phenols is 1. The molecule has 0 heterocycles. The smallest absolute Gasteiger partial charge is 0.120 e. The zero-order valence-electron chi connectivity index (χ0n) is 10.5. The van der Waals surface area contributed by atoms with Crippen molar-refractivity contribution >= 4 is 0 Å². The molecule has 0 aliphatic rings. The molecule has 0 saturated carbocycles. The van der Waals surface area contributed by atoms with Crippen LogP contribution in [0.4, 0.5) is 0 Å². The van der Waals surface area contributed by atoms with E-state index in [4.69, 9.17) is 0 Å². The molecule has 3 N–H and O–H groups in total. The minimum Gasteiger partial charge on any atom is -0.508 e. The van der Waals surface area contributed by atoms with Gasteiger partial charge in [-0.15, -0.1) is 0 Å². The van der Waals surface area contributed by atoms with E-state index in [0.29, 0.717) is 18.8 Å². The summed E-state index contributed by atoms with van der Waals surface area (Å²) in [6, 6.07) is 3.75. The van der Waals surface area contributed by atoms with Crippen molar-refractivity contribution in [3.8, 4) is 5.75 Å². The number of nitrogens with one attached hydrogen (secondary N) is 1. The Morgan fingerprint density at radius 3 is 2.31 bits per heavy atom.